The molecule has 19 heavy (non-hydrogen) atoms. The standard InChI is InChI=1S/C13H18N2O4/c1-3-14(9-7-13(18)19-2)12(17)10-15-8-5-4-6-11(15)16/h4-6,8H,3,7,9-10H2,1-2H3. The molecule has 0 aliphatic rings. The van der Waals surface area contributed by atoms with E-state index in [2.05, 4.69) is 4.74 Å². The van der Waals surface area contributed by atoms with Gasteiger partial charge in [-0.15, -0.1) is 0 Å². The van der Waals surface area contributed by atoms with E-state index in [1.165, 1.54) is 22.6 Å². The summed E-state index contributed by atoms with van der Waals surface area (Å²) in [5, 5.41) is 0. The molecule has 1 amide bonds. The van der Waals surface area contributed by atoms with Gasteiger partial charge in [0, 0.05) is 25.4 Å². The van der Waals surface area contributed by atoms with Crippen LogP contribution in [0.4, 0.5) is 0 Å². The number of nitrogens with zero attached hydrogens (tertiary/aromatic N) is 2. The SMILES string of the molecule is CCN(CCC(=O)OC)C(=O)Cn1ccccc1=O. The van der Waals surface area contributed by atoms with Gasteiger partial charge in [-0.25, -0.2) is 0 Å². The summed E-state index contributed by atoms with van der Waals surface area (Å²) in [5.41, 5.74) is -0.222. The largest absolute Gasteiger partial charge is 0.469 e. The average Bonchev–Trinajstić information content (AvgIpc) is 2.41. The Kier molecular flexibility index (Phi) is 5.78. The number of pyridine rings is 1. The second kappa shape index (κ2) is 7.35. The van der Waals surface area contributed by atoms with Gasteiger partial charge in [0.25, 0.3) is 5.56 Å². The Labute approximate surface area is 111 Å². The van der Waals surface area contributed by atoms with Crippen molar-refractivity contribution in [1.29, 1.82) is 0 Å². The van der Waals surface area contributed by atoms with E-state index in [0.29, 0.717) is 13.1 Å². The fraction of sp³-hybridized carbons (Fsp3) is 0.462. The molecule has 0 bridgehead atoms. The van der Waals surface area contributed by atoms with Crippen LogP contribution in [-0.2, 0) is 20.9 Å². The molecule has 6 heteroatoms. The van der Waals surface area contributed by atoms with E-state index in [9.17, 15) is 14.4 Å². The van der Waals surface area contributed by atoms with Gasteiger partial charge >= 0.3 is 5.97 Å². The molecule has 0 aliphatic carbocycles. The number of esters is 1. The maximum absolute atomic E-state index is 12.0. The van der Waals surface area contributed by atoms with Crippen molar-refractivity contribution in [3.63, 3.8) is 0 Å². The van der Waals surface area contributed by atoms with E-state index in [1.54, 1.807) is 18.3 Å². The summed E-state index contributed by atoms with van der Waals surface area (Å²) in [6, 6.07) is 4.72. The summed E-state index contributed by atoms with van der Waals surface area (Å²) in [6.45, 7) is 2.58. The highest BCUT2D eigenvalue weighted by atomic mass is 16.5. The van der Waals surface area contributed by atoms with Gasteiger partial charge in [-0.1, -0.05) is 6.07 Å². The lowest BCUT2D eigenvalue weighted by atomic mass is 10.3. The summed E-state index contributed by atoms with van der Waals surface area (Å²) in [4.78, 5) is 36.1. The molecule has 104 valence electrons. The molecule has 1 aromatic rings. The number of hydrogen-bond donors (Lipinski definition) is 0. The lowest BCUT2D eigenvalue weighted by Gasteiger charge is -2.20. The van der Waals surface area contributed by atoms with Crippen LogP contribution >= 0.6 is 0 Å². The third kappa shape index (κ3) is 4.57. The van der Waals surface area contributed by atoms with Gasteiger partial charge in [-0.2, -0.15) is 0 Å². The third-order valence-corrected chi connectivity index (χ3v) is 2.75. The summed E-state index contributed by atoms with van der Waals surface area (Å²) in [6.07, 6.45) is 1.72. The molecule has 0 aromatic carbocycles. The molecule has 6 nitrogen and oxygen atoms in total. The van der Waals surface area contributed by atoms with Gasteiger partial charge in [0.15, 0.2) is 0 Å². The van der Waals surface area contributed by atoms with E-state index in [4.69, 9.17) is 0 Å². The fourth-order valence-corrected chi connectivity index (χ4v) is 1.62. The van der Waals surface area contributed by atoms with Crippen LogP contribution in [0.15, 0.2) is 29.2 Å². The van der Waals surface area contributed by atoms with E-state index >= 15 is 0 Å². The predicted octanol–water partition coefficient (Wildman–Crippen LogP) is 0.260. The first-order valence-corrected chi connectivity index (χ1v) is 6.08. The first-order chi connectivity index (χ1) is 9.08. The van der Waals surface area contributed by atoms with Crippen molar-refractivity contribution in [2.75, 3.05) is 20.2 Å². The number of ether oxygens (including phenoxy) is 1. The molecule has 0 fully saturated rings. The van der Waals surface area contributed by atoms with Crippen LogP contribution in [0, 0.1) is 0 Å². The number of aromatic nitrogens is 1. The Bertz CT molecular complexity index is 495. The number of likely N-dealkylation sites (N-methyl/N-ethyl adjacent to an activating group) is 1. The van der Waals surface area contributed by atoms with Gasteiger partial charge in [0.2, 0.25) is 5.91 Å². The Hall–Kier alpha value is -2.11. The van der Waals surface area contributed by atoms with E-state index in [-0.39, 0.29) is 30.4 Å². The van der Waals surface area contributed by atoms with Crippen molar-refractivity contribution in [2.24, 2.45) is 0 Å². The van der Waals surface area contributed by atoms with Crippen LogP contribution in [-0.4, -0.2) is 41.5 Å². The molecule has 1 rings (SSSR count). The second-order valence-electron chi connectivity index (χ2n) is 3.97. The molecule has 0 saturated heterocycles. The van der Waals surface area contributed by atoms with Crippen LogP contribution in [0.2, 0.25) is 0 Å². The van der Waals surface area contributed by atoms with Crippen LogP contribution in [0.3, 0.4) is 0 Å². The first-order valence-electron chi connectivity index (χ1n) is 6.08. The smallest absolute Gasteiger partial charge is 0.307 e. The monoisotopic (exact) mass is 266 g/mol. The van der Waals surface area contributed by atoms with Gasteiger partial charge in [0.1, 0.15) is 6.54 Å². The number of amides is 1. The molecule has 0 atom stereocenters. The van der Waals surface area contributed by atoms with Crippen LogP contribution in [0.5, 0.6) is 0 Å². The molecule has 1 aromatic heterocycles. The Balaban J connectivity index is 2.62. The number of carbonyl (C=O) groups is 2. The number of carbonyl (C=O) groups excluding carboxylic acids is 2. The zero-order valence-corrected chi connectivity index (χ0v) is 11.2. The molecule has 1 heterocycles. The minimum absolute atomic E-state index is 0.0192. The second-order valence-corrected chi connectivity index (χ2v) is 3.97. The highest BCUT2D eigenvalue weighted by molar-refractivity contribution is 5.77. The van der Waals surface area contributed by atoms with Crippen molar-refractivity contribution >= 4 is 11.9 Å². The molecule has 0 unspecified atom stereocenters. The van der Waals surface area contributed by atoms with Gasteiger partial charge in [0.05, 0.1) is 13.5 Å². The summed E-state index contributed by atoms with van der Waals surface area (Å²) < 4.78 is 5.87. The summed E-state index contributed by atoms with van der Waals surface area (Å²) in [7, 11) is 1.31. The zero-order chi connectivity index (χ0) is 14.3. The van der Waals surface area contributed by atoms with Crippen molar-refractivity contribution in [1.82, 2.24) is 9.47 Å². The molecule has 0 radical (unpaired) electrons. The lowest BCUT2D eigenvalue weighted by Crippen LogP contribution is -2.37. The topological polar surface area (TPSA) is 68.6 Å². The average molecular weight is 266 g/mol. The highest BCUT2D eigenvalue weighted by Crippen LogP contribution is 1.96. The van der Waals surface area contributed by atoms with Crippen molar-refractivity contribution in [2.45, 2.75) is 19.9 Å². The predicted molar refractivity (Wildman–Crippen MR) is 69.6 cm³/mol. The molecule has 0 spiro atoms. The summed E-state index contributed by atoms with van der Waals surface area (Å²) in [5.74, 6) is -0.553. The molecule has 0 aliphatic heterocycles. The minimum Gasteiger partial charge on any atom is -0.469 e. The molecular formula is C13H18N2O4. The van der Waals surface area contributed by atoms with Gasteiger partial charge < -0.3 is 14.2 Å². The van der Waals surface area contributed by atoms with E-state index in [0.717, 1.165) is 0 Å². The van der Waals surface area contributed by atoms with Gasteiger partial charge in [-0.3, -0.25) is 14.4 Å². The number of methoxy groups -OCH3 is 1. The van der Waals surface area contributed by atoms with Crippen molar-refractivity contribution in [3.8, 4) is 0 Å². The maximum Gasteiger partial charge on any atom is 0.307 e. The van der Waals surface area contributed by atoms with E-state index in [1.807, 2.05) is 6.92 Å². The lowest BCUT2D eigenvalue weighted by molar-refractivity contribution is -0.141. The third-order valence-electron chi connectivity index (χ3n) is 2.75. The Morgan fingerprint density at radius 3 is 2.68 bits per heavy atom. The van der Waals surface area contributed by atoms with Crippen molar-refractivity contribution in [3.05, 3.63) is 34.7 Å². The summed E-state index contributed by atoms with van der Waals surface area (Å²) >= 11 is 0. The Morgan fingerprint density at radius 1 is 1.37 bits per heavy atom. The van der Waals surface area contributed by atoms with Gasteiger partial charge in [-0.05, 0) is 13.0 Å². The van der Waals surface area contributed by atoms with E-state index < -0.39 is 0 Å². The highest BCUT2D eigenvalue weighted by Gasteiger charge is 2.14. The van der Waals surface area contributed by atoms with Crippen LogP contribution in [0.1, 0.15) is 13.3 Å². The normalized spacial score (nSPS) is 10.0. The zero-order valence-electron chi connectivity index (χ0n) is 11.2. The first kappa shape index (κ1) is 14.9. The minimum atomic E-state index is -0.358. The molecule has 0 saturated carbocycles. The number of hydrogen-bond acceptors (Lipinski definition) is 4. The van der Waals surface area contributed by atoms with Crippen LogP contribution < -0.4 is 5.56 Å². The molecular weight excluding hydrogens is 248 g/mol. The molecule has 0 N–H and O–H groups in total. The Morgan fingerprint density at radius 2 is 2.11 bits per heavy atom. The number of rotatable bonds is 6. The van der Waals surface area contributed by atoms with Crippen LogP contribution in [0.25, 0.3) is 0 Å². The van der Waals surface area contributed by atoms with Crippen molar-refractivity contribution < 1.29 is 14.3 Å². The quantitative estimate of drug-likeness (QED) is 0.693. The fourth-order valence-electron chi connectivity index (χ4n) is 1.62. The maximum atomic E-state index is 12.0.